The van der Waals surface area contributed by atoms with Crippen molar-refractivity contribution in [3.05, 3.63) is 64.8 Å². The molecule has 0 aliphatic carbocycles. The van der Waals surface area contributed by atoms with Crippen molar-refractivity contribution in [3.63, 3.8) is 0 Å². The van der Waals surface area contributed by atoms with Gasteiger partial charge >= 0.3 is 0 Å². The molecule has 3 aromatic rings. The highest BCUT2D eigenvalue weighted by Crippen LogP contribution is 2.35. The number of anilines is 1. The SMILES string of the molecule is O=C1c2ccc(O[C@H]3CCN(Cc4cc(N5CCC5)c5nc(C6CCOCC6)ccc5c4)C3)cc2CN1[C@H]1CCCNC1. The first-order valence-electron chi connectivity index (χ1n) is 16.5. The Morgan fingerprint density at radius 2 is 1.88 bits per heavy atom. The predicted molar refractivity (Wildman–Crippen MR) is 168 cm³/mol. The monoisotopic (exact) mass is 581 g/mol. The molecule has 0 radical (unpaired) electrons. The lowest BCUT2D eigenvalue weighted by Crippen LogP contribution is -2.46. The van der Waals surface area contributed by atoms with Gasteiger partial charge in [0.05, 0.1) is 11.2 Å². The molecule has 2 atom stereocenters. The summed E-state index contributed by atoms with van der Waals surface area (Å²) in [5, 5.41) is 4.69. The molecule has 8 heteroatoms. The molecular weight excluding hydrogens is 538 g/mol. The molecule has 4 fully saturated rings. The van der Waals surface area contributed by atoms with Crippen LogP contribution in [0.2, 0.25) is 0 Å². The Morgan fingerprint density at radius 1 is 0.977 bits per heavy atom. The fourth-order valence-electron chi connectivity index (χ4n) is 7.68. The van der Waals surface area contributed by atoms with Crippen LogP contribution in [-0.2, 0) is 17.8 Å². The molecule has 0 unspecified atom stereocenters. The molecule has 4 saturated heterocycles. The molecule has 43 heavy (non-hydrogen) atoms. The van der Waals surface area contributed by atoms with Gasteiger partial charge in [0.15, 0.2) is 0 Å². The Kier molecular flexibility index (Phi) is 7.45. The van der Waals surface area contributed by atoms with Crippen molar-refractivity contribution in [1.29, 1.82) is 0 Å². The van der Waals surface area contributed by atoms with Crippen molar-refractivity contribution < 1.29 is 14.3 Å². The maximum absolute atomic E-state index is 13.1. The molecule has 5 aliphatic rings. The number of nitrogens with zero attached hydrogens (tertiary/aromatic N) is 4. The standard InChI is InChI=1S/C35H43N5O3/c41-35-31-6-5-29(19-27(31)22-40(35)28-3-1-11-36-20-28)43-30-8-14-38(23-30)21-24-17-26-4-7-32(25-9-15-42-16-10-25)37-34(26)33(18-24)39-12-2-13-39/h4-7,17-19,25,28,30,36H,1-3,8-16,20-23H2/t28-,30-/m0/s1. The lowest BCUT2D eigenvalue weighted by atomic mass is 9.95. The number of amides is 1. The molecule has 0 spiro atoms. The summed E-state index contributed by atoms with van der Waals surface area (Å²) in [6.07, 6.45) is 6.76. The van der Waals surface area contributed by atoms with Crippen LogP contribution in [0.5, 0.6) is 5.75 Å². The lowest BCUT2D eigenvalue weighted by Gasteiger charge is -2.34. The number of carbonyl (C=O) groups excluding carboxylic acids is 1. The van der Waals surface area contributed by atoms with Crippen LogP contribution in [-0.4, -0.2) is 85.3 Å². The molecule has 2 aromatic carbocycles. The largest absolute Gasteiger partial charge is 0.489 e. The summed E-state index contributed by atoms with van der Waals surface area (Å²) in [4.78, 5) is 25.4. The van der Waals surface area contributed by atoms with Gasteiger partial charge in [-0.25, -0.2) is 0 Å². The minimum absolute atomic E-state index is 0.160. The zero-order valence-corrected chi connectivity index (χ0v) is 25.1. The van der Waals surface area contributed by atoms with Crippen molar-refractivity contribution in [1.82, 2.24) is 20.1 Å². The topological polar surface area (TPSA) is 70.2 Å². The van der Waals surface area contributed by atoms with Gasteiger partial charge in [-0.2, -0.15) is 0 Å². The molecule has 226 valence electrons. The Balaban J connectivity index is 0.939. The molecule has 1 amide bonds. The van der Waals surface area contributed by atoms with Crippen LogP contribution in [0.3, 0.4) is 0 Å². The molecule has 0 saturated carbocycles. The van der Waals surface area contributed by atoms with Crippen LogP contribution in [0.4, 0.5) is 5.69 Å². The molecular formula is C35H43N5O3. The fourth-order valence-corrected chi connectivity index (χ4v) is 7.68. The van der Waals surface area contributed by atoms with Gasteiger partial charge in [-0.15, -0.1) is 0 Å². The van der Waals surface area contributed by atoms with E-state index in [0.717, 1.165) is 114 Å². The maximum atomic E-state index is 13.1. The third-order valence-electron chi connectivity index (χ3n) is 10.2. The quantitative estimate of drug-likeness (QED) is 0.434. The highest BCUT2D eigenvalue weighted by molar-refractivity contribution is 5.98. The fraction of sp³-hybridized carbons (Fsp3) is 0.543. The average Bonchev–Trinajstić information content (AvgIpc) is 3.60. The number of fused-ring (bicyclic) bond motifs is 2. The molecule has 0 bridgehead atoms. The number of ether oxygens (including phenoxy) is 2. The van der Waals surface area contributed by atoms with E-state index < -0.39 is 0 Å². The second-order valence-corrected chi connectivity index (χ2v) is 13.2. The Labute approximate surface area is 254 Å². The number of hydrogen-bond acceptors (Lipinski definition) is 7. The summed E-state index contributed by atoms with van der Waals surface area (Å²) >= 11 is 0. The number of benzene rings is 2. The molecule has 8 nitrogen and oxygen atoms in total. The van der Waals surface area contributed by atoms with Gasteiger partial charge in [-0.05, 0) is 92.6 Å². The molecule has 8 rings (SSSR count). The number of aromatic nitrogens is 1. The van der Waals surface area contributed by atoms with Crippen LogP contribution < -0.4 is 15.0 Å². The van der Waals surface area contributed by atoms with E-state index in [2.05, 4.69) is 50.3 Å². The second-order valence-electron chi connectivity index (χ2n) is 13.2. The highest BCUT2D eigenvalue weighted by Gasteiger charge is 2.34. The summed E-state index contributed by atoms with van der Waals surface area (Å²) < 4.78 is 12.1. The predicted octanol–water partition coefficient (Wildman–Crippen LogP) is 4.70. The van der Waals surface area contributed by atoms with Gasteiger partial charge in [0.25, 0.3) is 5.91 Å². The third kappa shape index (κ3) is 5.49. The number of nitrogens with one attached hydrogen (secondary N) is 1. The van der Waals surface area contributed by atoms with Crippen molar-refractivity contribution in [2.45, 2.75) is 69.7 Å². The minimum atomic E-state index is 0.160. The van der Waals surface area contributed by atoms with E-state index in [-0.39, 0.29) is 12.0 Å². The van der Waals surface area contributed by atoms with Crippen LogP contribution in [0.15, 0.2) is 42.5 Å². The van der Waals surface area contributed by atoms with Gasteiger partial charge in [-0.3, -0.25) is 14.7 Å². The highest BCUT2D eigenvalue weighted by atomic mass is 16.5. The first-order chi connectivity index (χ1) is 21.2. The van der Waals surface area contributed by atoms with Crippen LogP contribution in [0.1, 0.15) is 71.6 Å². The molecule has 1 N–H and O–H groups in total. The zero-order chi connectivity index (χ0) is 28.8. The normalized spacial score (nSPS) is 24.9. The van der Waals surface area contributed by atoms with Crippen LogP contribution in [0, 0.1) is 0 Å². The number of hydrogen-bond donors (Lipinski definition) is 1. The van der Waals surface area contributed by atoms with Crippen LogP contribution in [0.25, 0.3) is 10.9 Å². The summed E-state index contributed by atoms with van der Waals surface area (Å²) in [5.41, 5.74) is 6.97. The number of carbonyl (C=O) groups is 1. The number of rotatable bonds is 7. The molecule has 6 heterocycles. The van der Waals surface area contributed by atoms with E-state index in [1.54, 1.807) is 0 Å². The second kappa shape index (κ2) is 11.7. The number of pyridine rings is 1. The van der Waals surface area contributed by atoms with Gasteiger partial charge < -0.3 is 24.6 Å². The van der Waals surface area contributed by atoms with Crippen molar-refractivity contribution in [3.8, 4) is 5.75 Å². The average molecular weight is 582 g/mol. The summed E-state index contributed by atoms with van der Waals surface area (Å²) in [6.45, 7) is 9.40. The van der Waals surface area contributed by atoms with Gasteiger partial charge in [0, 0.05) is 87.6 Å². The smallest absolute Gasteiger partial charge is 0.254 e. The first-order valence-corrected chi connectivity index (χ1v) is 16.5. The van der Waals surface area contributed by atoms with Crippen molar-refractivity contribution in [2.75, 3.05) is 57.4 Å². The van der Waals surface area contributed by atoms with Crippen molar-refractivity contribution in [2.24, 2.45) is 0 Å². The maximum Gasteiger partial charge on any atom is 0.254 e. The van der Waals surface area contributed by atoms with E-state index >= 15 is 0 Å². The van der Waals surface area contributed by atoms with Crippen molar-refractivity contribution >= 4 is 22.5 Å². The Morgan fingerprint density at radius 3 is 2.70 bits per heavy atom. The minimum Gasteiger partial charge on any atom is -0.489 e. The van der Waals surface area contributed by atoms with Gasteiger partial charge in [0.1, 0.15) is 11.9 Å². The Hall–Kier alpha value is -3.20. The van der Waals surface area contributed by atoms with E-state index in [1.165, 1.54) is 28.8 Å². The van der Waals surface area contributed by atoms with Gasteiger partial charge in [0.2, 0.25) is 0 Å². The number of piperidine rings is 1. The summed E-state index contributed by atoms with van der Waals surface area (Å²) in [7, 11) is 0. The lowest BCUT2D eigenvalue weighted by molar-refractivity contribution is 0.0674. The first kappa shape index (κ1) is 27.4. The summed E-state index contributed by atoms with van der Waals surface area (Å²) in [6, 6.07) is 15.6. The third-order valence-corrected chi connectivity index (χ3v) is 10.2. The van der Waals surface area contributed by atoms with E-state index in [1.807, 2.05) is 12.1 Å². The molecule has 1 aromatic heterocycles. The summed E-state index contributed by atoms with van der Waals surface area (Å²) in [5.74, 6) is 1.56. The van der Waals surface area contributed by atoms with E-state index in [4.69, 9.17) is 14.5 Å². The van der Waals surface area contributed by atoms with Crippen LogP contribution >= 0.6 is 0 Å². The van der Waals surface area contributed by atoms with E-state index in [9.17, 15) is 4.79 Å². The molecule has 5 aliphatic heterocycles. The van der Waals surface area contributed by atoms with Gasteiger partial charge in [-0.1, -0.05) is 6.07 Å². The zero-order valence-electron chi connectivity index (χ0n) is 25.1. The number of likely N-dealkylation sites (tertiary alicyclic amines) is 1. The Bertz CT molecular complexity index is 1490. The van der Waals surface area contributed by atoms with E-state index in [0.29, 0.717) is 18.5 Å².